The van der Waals surface area contributed by atoms with Gasteiger partial charge < -0.3 is 33.8 Å². The summed E-state index contributed by atoms with van der Waals surface area (Å²) in [5, 5.41) is 10.2. The number of carbonyl (C=O) groups is 4. The third-order valence-corrected chi connectivity index (χ3v) is 9.56. The Balaban J connectivity index is 4.95. The number of aliphatic hydroxyl groups is 1. The van der Waals surface area contributed by atoms with E-state index < -0.39 is 97.5 Å². The van der Waals surface area contributed by atoms with E-state index in [-0.39, 0.29) is 19.3 Å². The summed E-state index contributed by atoms with van der Waals surface area (Å²) in [6.07, 6.45) is 9.69. The molecule has 0 aromatic carbocycles. The number of phosphoric acid groups is 2. The summed E-state index contributed by atoms with van der Waals surface area (Å²) in [5.74, 6) is -2.40. The van der Waals surface area contributed by atoms with Crippen LogP contribution in [0.25, 0.3) is 0 Å². The van der Waals surface area contributed by atoms with Gasteiger partial charge in [0, 0.05) is 26.2 Å². The Hall–Kier alpha value is -1.94. The predicted molar refractivity (Wildman–Crippen MR) is 197 cm³/mol. The first-order valence-corrected chi connectivity index (χ1v) is 22.2. The lowest BCUT2D eigenvalue weighted by molar-refractivity contribution is -0.161. The fraction of sp³-hybridized carbons (Fsp3) is 0.886. The summed E-state index contributed by atoms with van der Waals surface area (Å²) in [5.41, 5.74) is 0. The van der Waals surface area contributed by atoms with Crippen molar-refractivity contribution in [2.75, 3.05) is 39.6 Å². The van der Waals surface area contributed by atoms with Crippen LogP contribution in [0, 0.1) is 0 Å². The minimum absolute atomic E-state index is 0.0932. The minimum atomic E-state index is -4.89. The molecule has 0 aliphatic rings. The van der Waals surface area contributed by atoms with Crippen LogP contribution >= 0.6 is 15.6 Å². The number of carbonyl (C=O) groups excluding carboxylic acids is 4. The fourth-order valence-corrected chi connectivity index (χ4v) is 6.23. The van der Waals surface area contributed by atoms with Crippen molar-refractivity contribution in [3.05, 3.63) is 0 Å². The first-order chi connectivity index (χ1) is 25.6. The molecule has 0 aliphatic heterocycles. The van der Waals surface area contributed by atoms with Gasteiger partial charge in [0.2, 0.25) is 0 Å². The van der Waals surface area contributed by atoms with Crippen molar-refractivity contribution in [2.24, 2.45) is 0 Å². The van der Waals surface area contributed by atoms with Crippen LogP contribution < -0.4 is 0 Å². The molecule has 17 nitrogen and oxygen atoms in total. The summed E-state index contributed by atoms with van der Waals surface area (Å²) >= 11 is 0. The van der Waals surface area contributed by atoms with Crippen LogP contribution in [0.1, 0.15) is 143 Å². The highest BCUT2D eigenvalue weighted by Crippen LogP contribution is 2.45. The zero-order valence-corrected chi connectivity index (χ0v) is 34.4. The van der Waals surface area contributed by atoms with E-state index in [2.05, 4.69) is 20.8 Å². The molecule has 0 aromatic rings. The van der Waals surface area contributed by atoms with E-state index in [1.807, 2.05) is 0 Å². The maximum atomic E-state index is 12.5. The summed E-state index contributed by atoms with van der Waals surface area (Å²) < 4.78 is 64.9. The molecule has 54 heavy (non-hydrogen) atoms. The monoisotopic (exact) mass is 820 g/mol. The minimum Gasteiger partial charge on any atom is -0.462 e. The average molecular weight is 821 g/mol. The zero-order chi connectivity index (χ0) is 40.7. The standard InChI is InChI=1S/C35H66O17P2/c1-5-8-11-14-17-20-33(38)46-26-32(52-35(40)22-19-16-13-10-7-3)28-50-54(43,44)48-24-30(37)23-47-53(41,42)49-27-31(25-45-29(4)36)51-34(39)21-18-15-12-9-6-2/h30-32,37H,5-28H2,1-4H3,(H,41,42)(H,43,44)/t30-,31+,32+/m0/s1. The molecule has 0 saturated heterocycles. The van der Waals surface area contributed by atoms with Crippen molar-refractivity contribution in [1.29, 1.82) is 0 Å². The van der Waals surface area contributed by atoms with Gasteiger partial charge in [-0.1, -0.05) is 97.8 Å². The van der Waals surface area contributed by atoms with Gasteiger partial charge in [-0.05, 0) is 19.3 Å². The number of aliphatic hydroxyl groups excluding tert-OH is 1. The number of hydrogen-bond donors (Lipinski definition) is 3. The van der Waals surface area contributed by atoms with Crippen LogP contribution in [0.3, 0.4) is 0 Å². The van der Waals surface area contributed by atoms with Gasteiger partial charge in [-0.25, -0.2) is 9.13 Å². The highest BCUT2D eigenvalue weighted by atomic mass is 31.2. The normalized spacial score (nSPS) is 15.3. The van der Waals surface area contributed by atoms with Crippen LogP contribution in [-0.4, -0.2) is 96.7 Å². The van der Waals surface area contributed by atoms with Crippen molar-refractivity contribution in [3.63, 3.8) is 0 Å². The lowest BCUT2D eigenvalue weighted by atomic mass is 10.1. The van der Waals surface area contributed by atoms with Crippen LogP contribution in [0.5, 0.6) is 0 Å². The lowest BCUT2D eigenvalue weighted by Gasteiger charge is -2.21. The summed E-state index contributed by atoms with van der Waals surface area (Å²) in [6, 6.07) is 0. The second kappa shape index (κ2) is 32.2. The van der Waals surface area contributed by atoms with Gasteiger partial charge in [0.1, 0.15) is 19.3 Å². The fourth-order valence-electron chi connectivity index (χ4n) is 4.65. The topological polar surface area (TPSA) is 237 Å². The Morgan fingerprint density at radius 2 is 0.815 bits per heavy atom. The first-order valence-electron chi connectivity index (χ1n) is 19.2. The molecular formula is C35H66O17P2. The van der Waals surface area contributed by atoms with E-state index in [0.29, 0.717) is 19.3 Å². The molecule has 0 rings (SSSR count). The van der Waals surface area contributed by atoms with Crippen molar-refractivity contribution >= 4 is 39.5 Å². The highest BCUT2D eigenvalue weighted by molar-refractivity contribution is 7.47. The smallest absolute Gasteiger partial charge is 0.462 e. The van der Waals surface area contributed by atoms with E-state index in [4.69, 9.17) is 37.0 Å². The number of rotatable bonds is 36. The summed E-state index contributed by atoms with van der Waals surface area (Å²) in [6.45, 7) is 3.32. The zero-order valence-electron chi connectivity index (χ0n) is 32.7. The molecule has 0 spiro atoms. The van der Waals surface area contributed by atoms with Gasteiger partial charge in [0.25, 0.3) is 0 Å². The van der Waals surface area contributed by atoms with Gasteiger partial charge in [0.15, 0.2) is 12.2 Å². The Bertz CT molecular complexity index is 1120. The molecular weight excluding hydrogens is 754 g/mol. The molecule has 0 bridgehead atoms. The molecule has 2 unspecified atom stereocenters. The van der Waals surface area contributed by atoms with Crippen molar-refractivity contribution in [2.45, 2.75) is 162 Å². The van der Waals surface area contributed by atoms with Gasteiger partial charge in [-0.2, -0.15) is 0 Å². The number of ether oxygens (including phenoxy) is 4. The summed E-state index contributed by atoms with van der Waals surface area (Å²) in [7, 11) is -9.76. The lowest BCUT2D eigenvalue weighted by Crippen LogP contribution is -2.30. The van der Waals surface area contributed by atoms with Crippen molar-refractivity contribution < 1.29 is 80.2 Å². The molecule has 0 aromatic heterocycles. The maximum Gasteiger partial charge on any atom is 0.472 e. The molecule has 5 atom stereocenters. The van der Waals surface area contributed by atoms with Gasteiger partial charge >= 0.3 is 39.5 Å². The largest absolute Gasteiger partial charge is 0.472 e. The molecule has 0 aliphatic carbocycles. The van der Waals surface area contributed by atoms with E-state index in [1.165, 1.54) is 0 Å². The van der Waals surface area contributed by atoms with Crippen LogP contribution in [0.4, 0.5) is 0 Å². The Morgan fingerprint density at radius 3 is 1.19 bits per heavy atom. The van der Waals surface area contributed by atoms with E-state index >= 15 is 0 Å². The summed E-state index contributed by atoms with van der Waals surface area (Å²) in [4.78, 5) is 68.3. The third kappa shape index (κ3) is 32.3. The molecule has 19 heteroatoms. The molecule has 3 N–H and O–H groups in total. The first kappa shape index (κ1) is 52.1. The van der Waals surface area contributed by atoms with Crippen LogP contribution in [0.2, 0.25) is 0 Å². The second-order valence-electron chi connectivity index (χ2n) is 13.0. The number of unbranched alkanes of at least 4 members (excludes halogenated alkanes) is 12. The van der Waals surface area contributed by atoms with Gasteiger partial charge in [-0.15, -0.1) is 0 Å². The quantitative estimate of drug-likeness (QED) is 0.0260. The van der Waals surface area contributed by atoms with Crippen LogP contribution in [0.15, 0.2) is 0 Å². The van der Waals surface area contributed by atoms with Gasteiger partial charge in [-0.3, -0.25) is 37.3 Å². The van der Waals surface area contributed by atoms with E-state index in [0.717, 1.165) is 84.0 Å². The van der Waals surface area contributed by atoms with E-state index in [9.17, 15) is 43.2 Å². The molecule has 0 amide bonds. The molecule has 318 valence electrons. The third-order valence-electron chi connectivity index (χ3n) is 7.66. The Labute approximate surface area is 320 Å². The predicted octanol–water partition coefficient (Wildman–Crippen LogP) is 6.63. The highest BCUT2D eigenvalue weighted by Gasteiger charge is 2.30. The molecule has 0 heterocycles. The number of hydrogen-bond acceptors (Lipinski definition) is 15. The number of phosphoric ester groups is 2. The Morgan fingerprint density at radius 1 is 0.481 bits per heavy atom. The van der Waals surface area contributed by atoms with Crippen molar-refractivity contribution in [1.82, 2.24) is 0 Å². The second-order valence-corrected chi connectivity index (χ2v) is 15.9. The SMILES string of the molecule is CCCCCCCC(=O)OC[C@H](COP(=O)(O)OC[C@@H](O)COP(=O)(O)OC[C@@H](COC(C)=O)OC(=O)CCCCCCC)OC(=O)CCCCCCC. The number of esters is 4. The van der Waals surface area contributed by atoms with Crippen molar-refractivity contribution in [3.8, 4) is 0 Å². The van der Waals surface area contributed by atoms with Gasteiger partial charge in [0.05, 0.1) is 26.4 Å². The molecule has 0 radical (unpaired) electrons. The average Bonchev–Trinajstić information content (AvgIpc) is 3.12. The Kier molecular flexibility index (Phi) is 31.0. The van der Waals surface area contributed by atoms with E-state index in [1.54, 1.807) is 0 Å². The maximum absolute atomic E-state index is 12.5. The van der Waals surface area contributed by atoms with Crippen LogP contribution in [-0.2, 0) is 65.4 Å². The molecule has 0 saturated carbocycles. The molecule has 0 fully saturated rings.